The van der Waals surface area contributed by atoms with Gasteiger partial charge in [0.2, 0.25) is 0 Å². The number of ketones is 1. The van der Waals surface area contributed by atoms with Crippen LogP contribution in [-0.4, -0.2) is 12.3 Å². The average molecular weight is 269 g/mol. The van der Waals surface area contributed by atoms with Crippen molar-refractivity contribution < 1.29 is 4.79 Å². The molecule has 0 aliphatic heterocycles. The van der Waals surface area contributed by atoms with E-state index in [0.717, 1.165) is 38.6 Å². The van der Waals surface area contributed by atoms with Crippen LogP contribution in [0, 0.1) is 11.8 Å². The van der Waals surface area contributed by atoms with Crippen molar-refractivity contribution in [2.45, 2.75) is 85.0 Å². The Kier molecular flexibility index (Phi) is 12.4. The largest absolute Gasteiger partial charge is 0.330 e. The number of nitrogens with two attached hydrogens (primary N) is 1. The molecule has 0 amide bonds. The molecule has 114 valence electrons. The van der Waals surface area contributed by atoms with Crippen LogP contribution in [0.25, 0.3) is 0 Å². The van der Waals surface area contributed by atoms with Crippen molar-refractivity contribution >= 4 is 5.78 Å². The third-order valence-corrected chi connectivity index (χ3v) is 4.16. The third kappa shape index (κ3) is 10.1. The summed E-state index contributed by atoms with van der Waals surface area (Å²) in [5.41, 5.74) is 5.64. The Bertz CT molecular complexity index is 209. The topological polar surface area (TPSA) is 43.1 Å². The molecule has 0 fully saturated rings. The second-order valence-electron chi connectivity index (χ2n) is 5.93. The summed E-state index contributed by atoms with van der Waals surface area (Å²) in [6.07, 6.45) is 11.0. The number of Topliss-reactive ketones (excluding diaryl/α,β-unsaturated/α-hetero) is 1. The number of unbranched alkanes of at least 4 members (excludes halogenated alkanes) is 1. The van der Waals surface area contributed by atoms with E-state index < -0.39 is 0 Å². The van der Waals surface area contributed by atoms with Crippen LogP contribution < -0.4 is 5.73 Å². The molecule has 0 aromatic carbocycles. The van der Waals surface area contributed by atoms with E-state index in [2.05, 4.69) is 20.8 Å². The van der Waals surface area contributed by atoms with Gasteiger partial charge in [-0.3, -0.25) is 4.79 Å². The fourth-order valence-corrected chi connectivity index (χ4v) is 2.81. The molecule has 19 heavy (non-hydrogen) atoms. The van der Waals surface area contributed by atoms with Crippen LogP contribution in [0.15, 0.2) is 0 Å². The molecule has 2 unspecified atom stereocenters. The van der Waals surface area contributed by atoms with Crippen LogP contribution >= 0.6 is 0 Å². The van der Waals surface area contributed by atoms with Crippen molar-refractivity contribution in [1.82, 2.24) is 0 Å². The highest BCUT2D eigenvalue weighted by atomic mass is 16.1. The lowest BCUT2D eigenvalue weighted by molar-refractivity contribution is -0.120. The number of carbonyl (C=O) groups excluding carboxylic acids is 1. The molecule has 0 bridgehead atoms. The fourth-order valence-electron chi connectivity index (χ4n) is 2.81. The highest BCUT2D eigenvalue weighted by Crippen LogP contribution is 2.21. The minimum absolute atomic E-state index is 0.473. The summed E-state index contributed by atoms with van der Waals surface area (Å²) in [5.74, 6) is 1.75. The number of carbonyl (C=O) groups is 1. The predicted molar refractivity (Wildman–Crippen MR) is 84.2 cm³/mol. The standard InChI is InChI=1S/C17H35NO/c1-4-7-9-15(6-3)14-17(19)11-10-16(8-5-2)12-13-18/h15-16H,4-14,18H2,1-3H3. The van der Waals surface area contributed by atoms with Gasteiger partial charge in [0.1, 0.15) is 5.78 Å². The van der Waals surface area contributed by atoms with Crippen LogP contribution in [0.3, 0.4) is 0 Å². The minimum atomic E-state index is 0.473. The maximum absolute atomic E-state index is 12.1. The van der Waals surface area contributed by atoms with Crippen LogP contribution in [-0.2, 0) is 4.79 Å². The van der Waals surface area contributed by atoms with Gasteiger partial charge in [-0.2, -0.15) is 0 Å². The Morgan fingerprint density at radius 2 is 1.68 bits per heavy atom. The van der Waals surface area contributed by atoms with Gasteiger partial charge in [0.15, 0.2) is 0 Å². The molecule has 0 saturated heterocycles. The molecular formula is C17H35NO. The second-order valence-corrected chi connectivity index (χ2v) is 5.93. The van der Waals surface area contributed by atoms with E-state index in [1.54, 1.807) is 0 Å². The Hall–Kier alpha value is -0.370. The van der Waals surface area contributed by atoms with Crippen molar-refractivity contribution in [3.63, 3.8) is 0 Å². The summed E-state index contributed by atoms with van der Waals surface area (Å²) in [7, 11) is 0. The zero-order valence-corrected chi connectivity index (χ0v) is 13.4. The summed E-state index contributed by atoms with van der Waals surface area (Å²) >= 11 is 0. The Labute approximate surface area is 120 Å². The van der Waals surface area contributed by atoms with Gasteiger partial charge in [0.25, 0.3) is 0 Å². The summed E-state index contributed by atoms with van der Waals surface area (Å²) in [4.78, 5) is 12.1. The van der Waals surface area contributed by atoms with E-state index in [9.17, 15) is 4.79 Å². The number of rotatable bonds is 13. The highest BCUT2D eigenvalue weighted by Gasteiger charge is 2.14. The van der Waals surface area contributed by atoms with Gasteiger partial charge in [-0.05, 0) is 31.2 Å². The van der Waals surface area contributed by atoms with Crippen molar-refractivity contribution in [2.75, 3.05) is 6.54 Å². The Morgan fingerprint density at radius 3 is 2.21 bits per heavy atom. The van der Waals surface area contributed by atoms with Gasteiger partial charge in [0, 0.05) is 12.8 Å². The first kappa shape index (κ1) is 18.6. The molecule has 0 rings (SSSR count). The van der Waals surface area contributed by atoms with Gasteiger partial charge >= 0.3 is 0 Å². The monoisotopic (exact) mass is 269 g/mol. The lowest BCUT2D eigenvalue weighted by atomic mass is 9.89. The SMILES string of the molecule is CCCCC(CC)CC(=O)CCC(CCC)CCN. The molecule has 0 aliphatic rings. The summed E-state index contributed by atoms with van der Waals surface area (Å²) < 4.78 is 0. The molecule has 0 aliphatic carbocycles. The fraction of sp³-hybridized carbons (Fsp3) is 0.941. The van der Waals surface area contributed by atoms with E-state index in [1.807, 2.05) is 0 Å². The van der Waals surface area contributed by atoms with Crippen molar-refractivity contribution in [2.24, 2.45) is 17.6 Å². The normalized spacial score (nSPS) is 14.3. The first-order valence-electron chi connectivity index (χ1n) is 8.39. The van der Waals surface area contributed by atoms with Crippen LogP contribution in [0.4, 0.5) is 0 Å². The maximum atomic E-state index is 12.1. The van der Waals surface area contributed by atoms with Gasteiger partial charge in [-0.25, -0.2) is 0 Å². The molecule has 0 aromatic heterocycles. The smallest absolute Gasteiger partial charge is 0.133 e. The van der Waals surface area contributed by atoms with Gasteiger partial charge in [-0.1, -0.05) is 59.3 Å². The van der Waals surface area contributed by atoms with Crippen molar-refractivity contribution in [1.29, 1.82) is 0 Å². The predicted octanol–water partition coefficient (Wildman–Crippen LogP) is 4.71. The summed E-state index contributed by atoms with van der Waals surface area (Å²) in [6, 6.07) is 0. The minimum Gasteiger partial charge on any atom is -0.330 e. The molecule has 2 nitrogen and oxygen atoms in total. The first-order valence-corrected chi connectivity index (χ1v) is 8.39. The Balaban J connectivity index is 3.93. The molecule has 0 heterocycles. The Morgan fingerprint density at radius 1 is 0.947 bits per heavy atom. The quantitative estimate of drug-likeness (QED) is 0.526. The molecule has 0 aromatic rings. The maximum Gasteiger partial charge on any atom is 0.133 e. The lowest BCUT2D eigenvalue weighted by Gasteiger charge is -2.16. The lowest BCUT2D eigenvalue weighted by Crippen LogP contribution is -2.13. The van der Waals surface area contributed by atoms with E-state index in [0.29, 0.717) is 17.6 Å². The zero-order chi connectivity index (χ0) is 14.5. The highest BCUT2D eigenvalue weighted by molar-refractivity contribution is 5.78. The summed E-state index contributed by atoms with van der Waals surface area (Å²) in [6.45, 7) is 7.40. The van der Waals surface area contributed by atoms with E-state index in [1.165, 1.54) is 32.1 Å². The van der Waals surface area contributed by atoms with Gasteiger partial charge < -0.3 is 5.73 Å². The van der Waals surface area contributed by atoms with E-state index in [-0.39, 0.29) is 0 Å². The molecule has 0 radical (unpaired) electrons. The molecule has 2 heteroatoms. The van der Waals surface area contributed by atoms with Gasteiger partial charge in [-0.15, -0.1) is 0 Å². The molecular weight excluding hydrogens is 234 g/mol. The number of hydrogen-bond donors (Lipinski definition) is 1. The molecule has 2 N–H and O–H groups in total. The van der Waals surface area contributed by atoms with Gasteiger partial charge in [0.05, 0.1) is 0 Å². The zero-order valence-electron chi connectivity index (χ0n) is 13.4. The van der Waals surface area contributed by atoms with Crippen LogP contribution in [0.2, 0.25) is 0 Å². The first-order chi connectivity index (χ1) is 9.17. The number of hydrogen-bond acceptors (Lipinski definition) is 2. The third-order valence-electron chi connectivity index (χ3n) is 4.16. The average Bonchev–Trinajstić information content (AvgIpc) is 2.41. The van der Waals surface area contributed by atoms with Crippen molar-refractivity contribution in [3.05, 3.63) is 0 Å². The van der Waals surface area contributed by atoms with Crippen LogP contribution in [0.1, 0.15) is 85.0 Å². The second kappa shape index (κ2) is 12.7. The summed E-state index contributed by atoms with van der Waals surface area (Å²) in [5, 5.41) is 0. The molecule has 0 spiro atoms. The van der Waals surface area contributed by atoms with E-state index in [4.69, 9.17) is 5.73 Å². The van der Waals surface area contributed by atoms with E-state index >= 15 is 0 Å². The van der Waals surface area contributed by atoms with Crippen LogP contribution in [0.5, 0.6) is 0 Å². The van der Waals surface area contributed by atoms with Crippen molar-refractivity contribution in [3.8, 4) is 0 Å². The molecule has 0 saturated carbocycles. The molecule has 2 atom stereocenters.